The third-order valence-corrected chi connectivity index (χ3v) is 5.01. The average molecular weight is 381 g/mol. The molecular formula is C20H19N3O3S. The number of anilines is 1. The van der Waals surface area contributed by atoms with E-state index in [1.54, 1.807) is 30.4 Å². The molecule has 0 saturated heterocycles. The van der Waals surface area contributed by atoms with E-state index in [0.717, 1.165) is 9.79 Å². The maximum absolute atomic E-state index is 12.2. The van der Waals surface area contributed by atoms with E-state index >= 15 is 0 Å². The highest BCUT2D eigenvalue weighted by atomic mass is 32.2. The first-order valence-electron chi connectivity index (χ1n) is 8.32. The number of aromatic nitrogens is 2. The van der Waals surface area contributed by atoms with Crippen molar-refractivity contribution in [2.45, 2.75) is 16.7 Å². The van der Waals surface area contributed by atoms with E-state index in [2.05, 4.69) is 10.4 Å². The second-order valence-corrected chi connectivity index (χ2v) is 6.92. The van der Waals surface area contributed by atoms with Gasteiger partial charge >= 0.3 is 5.97 Å². The SMILES string of the molecule is Cc1c(C(=O)OCC(=O)Nc2ccccc2Sc2ccccc2)cnn1C. The van der Waals surface area contributed by atoms with Crippen molar-refractivity contribution in [2.75, 3.05) is 11.9 Å². The van der Waals surface area contributed by atoms with Crippen LogP contribution < -0.4 is 5.32 Å². The lowest BCUT2D eigenvalue weighted by Crippen LogP contribution is -2.21. The molecule has 3 aromatic rings. The van der Waals surface area contributed by atoms with Gasteiger partial charge in [0.1, 0.15) is 5.56 Å². The molecule has 0 atom stereocenters. The normalized spacial score (nSPS) is 10.4. The number of hydrogen-bond donors (Lipinski definition) is 1. The lowest BCUT2D eigenvalue weighted by atomic mass is 10.3. The van der Waals surface area contributed by atoms with Crippen LogP contribution in [0.15, 0.2) is 70.6 Å². The molecule has 2 aromatic carbocycles. The molecule has 1 N–H and O–H groups in total. The maximum atomic E-state index is 12.2. The van der Waals surface area contributed by atoms with Gasteiger partial charge in [-0.05, 0) is 31.2 Å². The van der Waals surface area contributed by atoms with Gasteiger partial charge in [0.2, 0.25) is 0 Å². The molecule has 6 nitrogen and oxygen atoms in total. The largest absolute Gasteiger partial charge is 0.452 e. The van der Waals surface area contributed by atoms with Gasteiger partial charge in [-0.25, -0.2) is 4.79 Å². The van der Waals surface area contributed by atoms with E-state index in [1.807, 2.05) is 54.6 Å². The fourth-order valence-corrected chi connectivity index (χ4v) is 3.29. The van der Waals surface area contributed by atoms with Crippen LogP contribution in [0.4, 0.5) is 5.69 Å². The van der Waals surface area contributed by atoms with Crippen molar-refractivity contribution in [3.05, 3.63) is 72.1 Å². The topological polar surface area (TPSA) is 73.2 Å². The zero-order chi connectivity index (χ0) is 19.2. The number of nitrogens with one attached hydrogen (secondary N) is 1. The molecule has 1 aromatic heterocycles. The summed E-state index contributed by atoms with van der Waals surface area (Å²) in [7, 11) is 1.74. The van der Waals surface area contributed by atoms with Crippen molar-refractivity contribution in [1.29, 1.82) is 0 Å². The number of carbonyl (C=O) groups is 2. The van der Waals surface area contributed by atoms with Crippen LogP contribution in [0, 0.1) is 6.92 Å². The monoisotopic (exact) mass is 381 g/mol. The summed E-state index contributed by atoms with van der Waals surface area (Å²) in [6.45, 7) is 1.40. The number of amides is 1. The van der Waals surface area contributed by atoms with Crippen molar-refractivity contribution in [1.82, 2.24) is 9.78 Å². The van der Waals surface area contributed by atoms with Crippen LogP contribution >= 0.6 is 11.8 Å². The molecule has 1 amide bonds. The molecule has 1 heterocycles. The highest BCUT2D eigenvalue weighted by Crippen LogP contribution is 2.33. The summed E-state index contributed by atoms with van der Waals surface area (Å²) in [5.74, 6) is -0.964. The zero-order valence-electron chi connectivity index (χ0n) is 15.0. The summed E-state index contributed by atoms with van der Waals surface area (Å²) >= 11 is 1.55. The Balaban J connectivity index is 1.61. The fourth-order valence-electron chi connectivity index (χ4n) is 2.37. The lowest BCUT2D eigenvalue weighted by Gasteiger charge is -2.11. The Bertz CT molecular complexity index is 954. The number of ether oxygens (including phenoxy) is 1. The predicted molar refractivity (Wildman–Crippen MR) is 104 cm³/mol. The Hall–Kier alpha value is -3.06. The van der Waals surface area contributed by atoms with Crippen LogP contribution in [0.1, 0.15) is 16.1 Å². The molecule has 0 unspecified atom stereocenters. The molecule has 0 aliphatic carbocycles. The van der Waals surface area contributed by atoms with Crippen LogP contribution in [0.5, 0.6) is 0 Å². The van der Waals surface area contributed by atoms with Crippen molar-refractivity contribution in [3.8, 4) is 0 Å². The number of nitrogens with zero attached hydrogens (tertiary/aromatic N) is 2. The summed E-state index contributed by atoms with van der Waals surface area (Å²) in [4.78, 5) is 26.3. The molecular weight excluding hydrogens is 362 g/mol. The van der Waals surface area contributed by atoms with E-state index in [9.17, 15) is 9.59 Å². The first-order chi connectivity index (χ1) is 13.0. The lowest BCUT2D eigenvalue weighted by molar-refractivity contribution is -0.119. The minimum Gasteiger partial charge on any atom is -0.452 e. The van der Waals surface area contributed by atoms with E-state index in [4.69, 9.17) is 4.74 Å². The second-order valence-electron chi connectivity index (χ2n) is 5.80. The molecule has 0 aliphatic heterocycles. The zero-order valence-corrected chi connectivity index (χ0v) is 15.8. The standard InChI is InChI=1S/C20H19N3O3S/c1-14-16(12-21-23(14)2)20(25)26-13-19(24)22-17-10-6-7-11-18(17)27-15-8-4-3-5-9-15/h3-12H,13H2,1-2H3,(H,22,24). The van der Waals surface area contributed by atoms with E-state index in [1.165, 1.54) is 6.20 Å². The van der Waals surface area contributed by atoms with Gasteiger partial charge in [0.05, 0.1) is 11.9 Å². The Morgan fingerprint density at radius 1 is 1.11 bits per heavy atom. The molecule has 0 bridgehead atoms. The molecule has 138 valence electrons. The fraction of sp³-hybridized carbons (Fsp3) is 0.150. The molecule has 0 radical (unpaired) electrons. The third kappa shape index (κ3) is 4.77. The van der Waals surface area contributed by atoms with Crippen molar-refractivity contribution in [2.24, 2.45) is 7.05 Å². The van der Waals surface area contributed by atoms with Crippen molar-refractivity contribution in [3.63, 3.8) is 0 Å². The number of rotatable bonds is 6. The van der Waals surface area contributed by atoms with Gasteiger partial charge in [0, 0.05) is 22.5 Å². The maximum Gasteiger partial charge on any atom is 0.342 e. The van der Waals surface area contributed by atoms with Crippen LogP contribution in [0.25, 0.3) is 0 Å². The molecule has 0 saturated carbocycles. The van der Waals surface area contributed by atoms with Gasteiger partial charge in [-0.2, -0.15) is 5.10 Å². The minimum absolute atomic E-state index is 0.352. The van der Waals surface area contributed by atoms with Crippen LogP contribution in [-0.4, -0.2) is 28.3 Å². The van der Waals surface area contributed by atoms with E-state index < -0.39 is 11.9 Å². The minimum atomic E-state index is -0.567. The molecule has 7 heteroatoms. The van der Waals surface area contributed by atoms with Crippen LogP contribution in [0.2, 0.25) is 0 Å². The summed E-state index contributed by atoms with van der Waals surface area (Å²) in [6.07, 6.45) is 1.43. The molecule has 0 aliphatic rings. The Morgan fingerprint density at radius 2 is 1.81 bits per heavy atom. The van der Waals surface area contributed by atoms with Gasteiger partial charge in [0.15, 0.2) is 6.61 Å². The van der Waals surface area contributed by atoms with Crippen LogP contribution in [0.3, 0.4) is 0 Å². The number of hydrogen-bond acceptors (Lipinski definition) is 5. The smallest absolute Gasteiger partial charge is 0.342 e. The number of esters is 1. The number of carbonyl (C=O) groups excluding carboxylic acids is 2. The van der Waals surface area contributed by atoms with Crippen molar-refractivity contribution < 1.29 is 14.3 Å². The van der Waals surface area contributed by atoms with E-state index in [0.29, 0.717) is 16.9 Å². The van der Waals surface area contributed by atoms with Gasteiger partial charge in [0.25, 0.3) is 5.91 Å². The summed E-state index contributed by atoms with van der Waals surface area (Å²) in [5.41, 5.74) is 1.71. The first kappa shape index (κ1) is 18.7. The van der Waals surface area contributed by atoms with E-state index in [-0.39, 0.29) is 6.61 Å². The number of aryl methyl sites for hydroxylation is 1. The highest BCUT2D eigenvalue weighted by Gasteiger charge is 2.16. The van der Waals surface area contributed by atoms with Gasteiger partial charge in [-0.1, -0.05) is 42.1 Å². The predicted octanol–water partition coefficient (Wildman–Crippen LogP) is 3.68. The summed E-state index contributed by atoms with van der Waals surface area (Å²) in [6, 6.07) is 17.4. The Labute approximate surface area is 161 Å². The number of para-hydroxylation sites is 1. The Morgan fingerprint density at radius 3 is 2.52 bits per heavy atom. The molecule has 0 spiro atoms. The molecule has 0 fully saturated rings. The van der Waals surface area contributed by atoms with Gasteiger partial charge < -0.3 is 10.1 Å². The first-order valence-corrected chi connectivity index (χ1v) is 9.14. The Kier molecular flexibility index (Phi) is 5.93. The highest BCUT2D eigenvalue weighted by molar-refractivity contribution is 7.99. The summed E-state index contributed by atoms with van der Waals surface area (Å²) < 4.78 is 6.68. The molecule has 27 heavy (non-hydrogen) atoms. The summed E-state index contributed by atoms with van der Waals surface area (Å²) in [5, 5.41) is 6.80. The quantitative estimate of drug-likeness (QED) is 0.660. The second kappa shape index (κ2) is 8.55. The van der Waals surface area contributed by atoms with Crippen LogP contribution in [-0.2, 0) is 16.6 Å². The third-order valence-electron chi connectivity index (χ3n) is 3.92. The van der Waals surface area contributed by atoms with Gasteiger partial charge in [-0.3, -0.25) is 9.48 Å². The molecule has 3 rings (SSSR count). The van der Waals surface area contributed by atoms with Gasteiger partial charge in [-0.15, -0.1) is 0 Å². The average Bonchev–Trinajstić information content (AvgIpc) is 3.01. The van der Waals surface area contributed by atoms with Crippen molar-refractivity contribution >= 4 is 29.3 Å². The number of benzene rings is 2.